The number of nitrogens with one attached hydrogen (secondary N) is 1. The van der Waals surface area contributed by atoms with E-state index in [-0.39, 0.29) is 5.91 Å². The Hall–Kier alpha value is -4.19. The lowest BCUT2D eigenvalue weighted by Crippen LogP contribution is -2.23. The predicted octanol–water partition coefficient (Wildman–Crippen LogP) is 4.81. The molecule has 0 saturated heterocycles. The fraction of sp³-hybridized carbons (Fsp3) is 0.115. The molecule has 1 aliphatic heterocycles. The van der Waals surface area contributed by atoms with Crippen LogP contribution in [-0.4, -0.2) is 11.9 Å². The highest BCUT2D eigenvalue weighted by molar-refractivity contribution is 6.06. The quantitative estimate of drug-likeness (QED) is 0.376. The number of fused-ring (bicyclic) bond motifs is 2. The summed E-state index contributed by atoms with van der Waals surface area (Å²) in [4.78, 5) is 36.8. The van der Waals surface area contributed by atoms with Crippen LogP contribution < -0.4 is 10.9 Å². The van der Waals surface area contributed by atoms with Crippen molar-refractivity contribution in [3.8, 4) is 0 Å². The van der Waals surface area contributed by atoms with Gasteiger partial charge in [-0.2, -0.15) is 0 Å². The van der Waals surface area contributed by atoms with Crippen LogP contribution in [-0.2, 0) is 11.2 Å². The fourth-order valence-corrected chi connectivity index (χ4v) is 3.85. The Labute approximate surface area is 183 Å². The van der Waals surface area contributed by atoms with Crippen molar-refractivity contribution in [1.82, 2.24) is 0 Å². The number of carbonyl (C=O) groups excluding carboxylic acids is 2. The van der Waals surface area contributed by atoms with Gasteiger partial charge in [0.2, 0.25) is 0 Å². The summed E-state index contributed by atoms with van der Waals surface area (Å²) in [7, 11) is 0. The summed E-state index contributed by atoms with van der Waals surface area (Å²) in [6.07, 6.45) is 0.101. The Kier molecular flexibility index (Phi) is 4.82. The van der Waals surface area contributed by atoms with Crippen LogP contribution >= 0.6 is 0 Å². The van der Waals surface area contributed by atoms with E-state index in [0.29, 0.717) is 28.8 Å². The third-order valence-corrected chi connectivity index (χ3v) is 5.57. The first kappa shape index (κ1) is 19.8. The van der Waals surface area contributed by atoms with E-state index in [2.05, 4.69) is 5.32 Å². The largest absolute Gasteiger partial charge is 0.454 e. The van der Waals surface area contributed by atoms with Crippen LogP contribution in [0.5, 0.6) is 0 Å². The second-order valence-electron chi connectivity index (χ2n) is 7.84. The molecule has 1 aliphatic rings. The summed E-state index contributed by atoms with van der Waals surface area (Å²) < 4.78 is 10.8. The van der Waals surface area contributed by atoms with Crippen LogP contribution in [0.2, 0.25) is 0 Å². The molecule has 32 heavy (non-hydrogen) atoms. The maximum atomic E-state index is 12.9. The van der Waals surface area contributed by atoms with Gasteiger partial charge in [-0.05, 0) is 54.4 Å². The Morgan fingerprint density at radius 2 is 1.72 bits per heavy atom. The topological polar surface area (TPSA) is 85.6 Å². The first-order valence-electron chi connectivity index (χ1n) is 10.2. The number of cyclic esters (lactones) is 1. The van der Waals surface area contributed by atoms with Crippen molar-refractivity contribution in [2.45, 2.75) is 19.4 Å². The normalized spacial score (nSPS) is 15.2. The summed E-state index contributed by atoms with van der Waals surface area (Å²) in [6.45, 7) is 2.00. The maximum absolute atomic E-state index is 12.9. The molecule has 5 rings (SSSR count). The van der Waals surface area contributed by atoms with Crippen molar-refractivity contribution < 1.29 is 18.7 Å². The number of esters is 1. The molecule has 2 heterocycles. The van der Waals surface area contributed by atoms with Gasteiger partial charge in [-0.3, -0.25) is 4.79 Å². The lowest BCUT2D eigenvalue weighted by Gasteiger charge is -2.25. The van der Waals surface area contributed by atoms with Gasteiger partial charge >= 0.3 is 11.6 Å². The molecule has 1 atom stereocenters. The van der Waals surface area contributed by atoms with Gasteiger partial charge in [0.05, 0.1) is 5.56 Å². The Morgan fingerprint density at radius 3 is 2.53 bits per heavy atom. The molecule has 0 aliphatic carbocycles. The van der Waals surface area contributed by atoms with Crippen LogP contribution in [0.15, 0.2) is 82.0 Å². The monoisotopic (exact) mass is 425 g/mol. The summed E-state index contributed by atoms with van der Waals surface area (Å²) in [5, 5.41) is 3.58. The molecule has 0 spiro atoms. The minimum atomic E-state index is -0.453. The lowest BCUT2D eigenvalue weighted by molar-refractivity contribution is 0.0252. The van der Waals surface area contributed by atoms with Gasteiger partial charge in [0, 0.05) is 35.2 Å². The van der Waals surface area contributed by atoms with E-state index in [4.69, 9.17) is 9.15 Å². The van der Waals surface area contributed by atoms with Crippen molar-refractivity contribution in [3.05, 3.63) is 111 Å². The second-order valence-corrected chi connectivity index (χ2v) is 7.84. The van der Waals surface area contributed by atoms with Gasteiger partial charge in [0.25, 0.3) is 5.91 Å². The molecule has 0 radical (unpaired) electrons. The SMILES string of the molecule is Cc1ccc(C2Cc3cc(C(=O)Nc4ccc5ccc(=O)oc5c4)ccc3C(=O)O2)cc1. The zero-order chi connectivity index (χ0) is 22.2. The van der Waals surface area contributed by atoms with Crippen LogP contribution in [0.1, 0.15) is 43.5 Å². The summed E-state index contributed by atoms with van der Waals surface area (Å²) in [5.74, 6) is -0.718. The van der Waals surface area contributed by atoms with E-state index in [1.54, 1.807) is 42.5 Å². The minimum Gasteiger partial charge on any atom is -0.454 e. The van der Waals surface area contributed by atoms with E-state index in [9.17, 15) is 14.4 Å². The zero-order valence-corrected chi connectivity index (χ0v) is 17.3. The van der Waals surface area contributed by atoms with Crippen LogP contribution in [0.4, 0.5) is 5.69 Å². The Morgan fingerprint density at radius 1 is 0.938 bits per heavy atom. The van der Waals surface area contributed by atoms with Gasteiger partial charge in [-0.1, -0.05) is 29.8 Å². The molecule has 3 aromatic carbocycles. The van der Waals surface area contributed by atoms with Gasteiger partial charge in [-0.25, -0.2) is 9.59 Å². The van der Waals surface area contributed by atoms with E-state index in [1.807, 2.05) is 31.2 Å². The Balaban J connectivity index is 1.40. The molecule has 4 aromatic rings. The molecule has 6 heteroatoms. The molecule has 6 nitrogen and oxygen atoms in total. The van der Waals surface area contributed by atoms with Gasteiger partial charge < -0.3 is 14.5 Å². The van der Waals surface area contributed by atoms with Crippen molar-refractivity contribution in [3.63, 3.8) is 0 Å². The molecule has 1 N–H and O–H groups in total. The van der Waals surface area contributed by atoms with Gasteiger partial charge in [0.15, 0.2) is 0 Å². The molecule has 0 fully saturated rings. The highest BCUT2D eigenvalue weighted by Gasteiger charge is 2.28. The number of anilines is 1. The number of hydrogen-bond acceptors (Lipinski definition) is 5. The standard InChI is InChI=1S/C26H19NO5/c1-15-2-4-16(5-3-15)22-13-19-12-18(7-10-21(19)26(30)32-22)25(29)27-20-9-6-17-8-11-24(28)31-23(17)14-20/h2-12,14,22H,13H2,1H3,(H,27,29). The summed E-state index contributed by atoms with van der Waals surface area (Å²) in [6, 6.07) is 20.9. The smallest absolute Gasteiger partial charge is 0.339 e. The van der Waals surface area contributed by atoms with Gasteiger partial charge in [0.1, 0.15) is 11.7 Å². The van der Waals surface area contributed by atoms with Crippen molar-refractivity contribution in [2.24, 2.45) is 0 Å². The molecule has 1 amide bonds. The number of carbonyl (C=O) groups is 2. The van der Waals surface area contributed by atoms with E-state index < -0.39 is 17.7 Å². The predicted molar refractivity (Wildman–Crippen MR) is 120 cm³/mol. The highest BCUT2D eigenvalue weighted by Crippen LogP contribution is 2.31. The van der Waals surface area contributed by atoms with Crippen molar-refractivity contribution >= 4 is 28.5 Å². The van der Waals surface area contributed by atoms with Crippen molar-refractivity contribution in [1.29, 1.82) is 0 Å². The van der Waals surface area contributed by atoms with E-state index in [1.165, 1.54) is 6.07 Å². The highest BCUT2D eigenvalue weighted by atomic mass is 16.5. The molecule has 158 valence electrons. The van der Waals surface area contributed by atoms with Crippen molar-refractivity contribution in [2.75, 3.05) is 5.32 Å². The average molecular weight is 425 g/mol. The zero-order valence-electron chi connectivity index (χ0n) is 17.3. The third kappa shape index (κ3) is 3.78. The number of aryl methyl sites for hydroxylation is 1. The number of ether oxygens (including phenoxy) is 1. The Bertz CT molecular complexity index is 1420. The first-order chi connectivity index (χ1) is 15.5. The first-order valence-corrected chi connectivity index (χ1v) is 10.2. The molecule has 1 aromatic heterocycles. The summed E-state index contributed by atoms with van der Waals surface area (Å²) >= 11 is 0. The number of hydrogen-bond donors (Lipinski definition) is 1. The fourth-order valence-electron chi connectivity index (χ4n) is 3.85. The number of amides is 1. The number of benzene rings is 3. The second kappa shape index (κ2) is 7.81. The van der Waals surface area contributed by atoms with Crippen LogP contribution in [0.25, 0.3) is 11.0 Å². The average Bonchev–Trinajstić information content (AvgIpc) is 2.79. The van der Waals surface area contributed by atoms with E-state index in [0.717, 1.165) is 22.1 Å². The molecular weight excluding hydrogens is 406 g/mol. The summed E-state index contributed by atoms with van der Waals surface area (Å²) in [5.41, 5.74) is 4.16. The van der Waals surface area contributed by atoms with Crippen LogP contribution in [0, 0.1) is 6.92 Å². The maximum Gasteiger partial charge on any atom is 0.339 e. The van der Waals surface area contributed by atoms with Crippen LogP contribution in [0.3, 0.4) is 0 Å². The minimum absolute atomic E-state index is 0.323. The molecule has 1 unspecified atom stereocenters. The molecule has 0 saturated carbocycles. The van der Waals surface area contributed by atoms with Gasteiger partial charge in [-0.15, -0.1) is 0 Å². The molecular formula is C26H19NO5. The van der Waals surface area contributed by atoms with E-state index >= 15 is 0 Å². The number of rotatable bonds is 3. The third-order valence-electron chi connectivity index (χ3n) is 5.57. The molecule has 0 bridgehead atoms. The lowest BCUT2D eigenvalue weighted by atomic mass is 9.92.